The summed E-state index contributed by atoms with van der Waals surface area (Å²) in [6.45, 7) is 2.93. The molecule has 0 amide bonds. The van der Waals surface area contributed by atoms with Crippen LogP contribution >= 0.6 is 0 Å². The Morgan fingerprint density at radius 2 is 2.40 bits per heavy atom. The molecule has 0 bridgehead atoms. The molecule has 0 aromatic carbocycles. The molecule has 0 unspecified atom stereocenters. The molecule has 0 radical (unpaired) electrons. The van der Waals surface area contributed by atoms with Gasteiger partial charge in [0.15, 0.2) is 0 Å². The molecule has 4 heteroatoms. The van der Waals surface area contributed by atoms with Gasteiger partial charge in [-0.1, -0.05) is 0 Å². The molecule has 84 valence electrons. The van der Waals surface area contributed by atoms with Gasteiger partial charge in [0.25, 0.3) is 0 Å². The molecule has 1 saturated carbocycles. The van der Waals surface area contributed by atoms with Crippen LogP contribution in [0.2, 0.25) is 0 Å². The van der Waals surface area contributed by atoms with Crippen molar-refractivity contribution in [2.75, 3.05) is 7.11 Å². The number of aromatic nitrogens is 2. The lowest BCUT2D eigenvalue weighted by Gasteiger charge is -2.42. The molecule has 1 aromatic heterocycles. The summed E-state index contributed by atoms with van der Waals surface area (Å²) in [5, 5.41) is 14.3. The number of hydrogen-bond acceptors (Lipinski definition) is 3. The Morgan fingerprint density at radius 1 is 1.67 bits per heavy atom. The van der Waals surface area contributed by atoms with E-state index in [-0.39, 0.29) is 6.10 Å². The van der Waals surface area contributed by atoms with Gasteiger partial charge in [-0.3, -0.25) is 4.68 Å². The first-order chi connectivity index (χ1) is 7.15. The third kappa shape index (κ3) is 2.21. The van der Waals surface area contributed by atoms with Gasteiger partial charge in [-0.25, -0.2) is 0 Å². The van der Waals surface area contributed by atoms with Crippen molar-refractivity contribution in [3.63, 3.8) is 0 Å². The van der Waals surface area contributed by atoms with Crippen molar-refractivity contribution >= 4 is 0 Å². The van der Waals surface area contributed by atoms with Crippen molar-refractivity contribution in [3.8, 4) is 0 Å². The monoisotopic (exact) mass is 210 g/mol. The first kappa shape index (κ1) is 10.6. The van der Waals surface area contributed by atoms with Crippen molar-refractivity contribution in [3.05, 3.63) is 18.0 Å². The van der Waals surface area contributed by atoms with Gasteiger partial charge in [-0.15, -0.1) is 0 Å². The SMILES string of the molecule is CCn1cc(CC2(O)CC(OC)C2)cn1. The standard InChI is InChI=1S/C11H18N2O2/c1-3-13-8-9(7-12-13)4-11(14)5-10(6-11)15-2/h7-8,10,14H,3-6H2,1-2H3. The predicted molar refractivity (Wildman–Crippen MR) is 56.6 cm³/mol. The largest absolute Gasteiger partial charge is 0.389 e. The van der Waals surface area contributed by atoms with E-state index in [2.05, 4.69) is 12.0 Å². The minimum atomic E-state index is -0.567. The van der Waals surface area contributed by atoms with Crippen molar-refractivity contribution in [2.45, 2.75) is 44.4 Å². The second kappa shape index (κ2) is 3.94. The van der Waals surface area contributed by atoms with Crippen LogP contribution in [-0.4, -0.2) is 33.7 Å². The third-order valence-corrected chi connectivity index (χ3v) is 3.09. The Balaban J connectivity index is 1.92. The third-order valence-electron chi connectivity index (χ3n) is 3.09. The molecule has 0 atom stereocenters. The molecule has 2 rings (SSSR count). The predicted octanol–water partition coefficient (Wildman–Crippen LogP) is 0.985. The first-order valence-corrected chi connectivity index (χ1v) is 5.42. The van der Waals surface area contributed by atoms with E-state index in [4.69, 9.17) is 4.74 Å². The smallest absolute Gasteiger partial charge is 0.0738 e. The molecule has 4 nitrogen and oxygen atoms in total. The zero-order chi connectivity index (χ0) is 10.9. The lowest BCUT2D eigenvalue weighted by molar-refractivity contribution is -0.126. The van der Waals surface area contributed by atoms with Gasteiger partial charge < -0.3 is 9.84 Å². The van der Waals surface area contributed by atoms with Gasteiger partial charge in [0, 0.05) is 39.1 Å². The fourth-order valence-electron chi connectivity index (χ4n) is 2.15. The molecule has 1 aliphatic rings. The molecule has 1 heterocycles. The second-order valence-corrected chi connectivity index (χ2v) is 4.37. The van der Waals surface area contributed by atoms with Crippen LogP contribution in [0.1, 0.15) is 25.3 Å². The Morgan fingerprint density at radius 3 is 2.93 bits per heavy atom. The van der Waals surface area contributed by atoms with Crippen LogP contribution < -0.4 is 0 Å². The van der Waals surface area contributed by atoms with E-state index in [9.17, 15) is 5.11 Å². The molecule has 1 fully saturated rings. The van der Waals surface area contributed by atoms with Crippen LogP contribution in [0.4, 0.5) is 0 Å². The average molecular weight is 210 g/mol. The van der Waals surface area contributed by atoms with Crippen LogP contribution in [0, 0.1) is 0 Å². The van der Waals surface area contributed by atoms with Gasteiger partial charge in [-0.05, 0) is 12.5 Å². The van der Waals surface area contributed by atoms with Crippen LogP contribution in [0.15, 0.2) is 12.4 Å². The zero-order valence-electron chi connectivity index (χ0n) is 9.31. The minimum absolute atomic E-state index is 0.233. The highest BCUT2D eigenvalue weighted by molar-refractivity contribution is 5.12. The van der Waals surface area contributed by atoms with Crippen molar-refractivity contribution in [1.82, 2.24) is 9.78 Å². The van der Waals surface area contributed by atoms with Gasteiger partial charge in [0.2, 0.25) is 0 Å². The van der Waals surface area contributed by atoms with Gasteiger partial charge in [0.05, 0.1) is 17.9 Å². The maximum Gasteiger partial charge on any atom is 0.0738 e. The summed E-state index contributed by atoms with van der Waals surface area (Å²) in [4.78, 5) is 0. The molecule has 1 aromatic rings. The maximum atomic E-state index is 10.1. The van der Waals surface area contributed by atoms with E-state index in [1.807, 2.05) is 17.1 Å². The molecule has 0 spiro atoms. The van der Waals surface area contributed by atoms with Crippen LogP contribution in [-0.2, 0) is 17.7 Å². The van der Waals surface area contributed by atoms with Crippen LogP contribution in [0.3, 0.4) is 0 Å². The minimum Gasteiger partial charge on any atom is -0.389 e. The number of hydrogen-bond donors (Lipinski definition) is 1. The molecule has 1 aliphatic carbocycles. The van der Waals surface area contributed by atoms with Crippen molar-refractivity contribution in [1.29, 1.82) is 0 Å². The van der Waals surface area contributed by atoms with E-state index in [0.29, 0.717) is 6.42 Å². The fourth-order valence-corrected chi connectivity index (χ4v) is 2.15. The summed E-state index contributed by atoms with van der Waals surface area (Å²) in [6.07, 6.45) is 6.23. The maximum absolute atomic E-state index is 10.1. The zero-order valence-corrected chi connectivity index (χ0v) is 9.31. The average Bonchev–Trinajstić information content (AvgIpc) is 2.61. The lowest BCUT2D eigenvalue weighted by atomic mass is 9.74. The van der Waals surface area contributed by atoms with E-state index < -0.39 is 5.60 Å². The van der Waals surface area contributed by atoms with E-state index in [1.165, 1.54) is 0 Å². The van der Waals surface area contributed by atoms with Crippen LogP contribution in [0.25, 0.3) is 0 Å². The summed E-state index contributed by atoms with van der Waals surface area (Å²) < 4.78 is 7.04. The molecule has 1 N–H and O–H groups in total. The van der Waals surface area contributed by atoms with Gasteiger partial charge in [0.1, 0.15) is 0 Å². The molecular formula is C11H18N2O2. The number of methoxy groups -OCH3 is 1. The number of aryl methyl sites for hydroxylation is 1. The Labute approximate surface area is 89.9 Å². The Kier molecular flexibility index (Phi) is 2.80. The van der Waals surface area contributed by atoms with E-state index in [0.717, 1.165) is 24.9 Å². The van der Waals surface area contributed by atoms with E-state index in [1.54, 1.807) is 7.11 Å². The van der Waals surface area contributed by atoms with Crippen LogP contribution in [0.5, 0.6) is 0 Å². The first-order valence-electron chi connectivity index (χ1n) is 5.42. The quantitative estimate of drug-likeness (QED) is 0.806. The molecule has 0 aliphatic heterocycles. The fraction of sp³-hybridized carbons (Fsp3) is 0.727. The normalized spacial score (nSPS) is 30.2. The highest BCUT2D eigenvalue weighted by atomic mass is 16.5. The summed E-state index contributed by atoms with van der Waals surface area (Å²) in [5.41, 5.74) is 0.538. The topological polar surface area (TPSA) is 47.3 Å². The van der Waals surface area contributed by atoms with E-state index >= 15 is 0 Å². The lowest BCUT2D eigenvalue weighted by Crippen LogP contribution is -2.49. The van der Waals surface area contributed by atoms with Crippen molar-refractivity contribution < 1.29 is 9.84 Å². The van der Waals surface area contributed by atoms with Gasteiger partial charge in [-0.2, -0.15) is 5.10 Å². The number of nitrogens with zero attached hydrogens (tertiary/aromatic N) is 2. The number of ether oxygens (including phenoxy) is 1. The van der Waals surface area contributed by atoms with Crippen molar-refractivity contribution in [2.24, 2.45) is 0 Å². The number of aliphatic hydroxyl groups is 1. The summed E-state index contributed by atoms with van der Waals surface area (Å²) in [5.74, 6) is 0. The summed E-state index contributed by atoms with van der Waals surface area (Å²) >= 11 is 0. The summed E-state index contributed by atoms with van der Waals surface area (Å²) in [6, 6.07) is 0. The number of rotatable bonds is 4. The summed E-state index contributed by atoms with van der Waals surface area (Å²) in [7, 11) is 1.69. The van der Waals surface area contributed by atoms with Gasteiger partial charge >= 0.3 is 0 Å². The molecule has 15 heavy (non-hydrogen) atoms. The molecule has 0 saturated heterocycles. The molecular weight excluding hydrogens is 192 g/mol. The highest BCUT2D eigenvalue weighted by Gasteiger charge is 2.42. The Hall–Kier alpha value is -0.870. The Bertz CT molecular complexity index is 329. The second-order valence-electron chi connectivity index (χ2n) is 4.37. The highest BCUT2D eigenvalue weighted by Crippen LogP contribution is 2.36.